The van der Waals surface area contributed by atoms with Crippen molar-refractivity contribution in [2.45, 2.75) is 70.8 Å². The fourth-order valence-electron chi connectivity index (χ4n) is 3.64. The van der Waals surface area contributed by atoms with Crippen molar-refractivity contribution >= 4 is 11.9 Å². The van der Waals surface area contributed by atoms with Crippen LogP contribution in [0.2, 0.25) is 0 Å². The molecule has 4 nitrogen and oxygen atoms in total. The van der Waals surface area contributed by atoms with E-state index in [0.717, 1.165) is 25.2 Å². The molecular formula is C16H27NO3. The maximum Gasteiger partial charge on any atom is 0.308 e. The van der Waals surface area contributed by atoms with Gasteiger partial charge in [0.1, 0.15) is 0 Å². The van der Waals surface area contributed by atoms with E-state index in [2.05, 4.69) is 0 Å². The first-order valence-corrected chi connectivity index (χ1v) is 8.10. The fourth-order valence-corrected chi connectivity index (χ4v) is 3.64. The van der Waals surface area contributed by atoms with Crippen LogP contribution in [0.3, 0.4) is 0 Å². The first-order chi connectivity index (χ1) is 9.58. The second kappa shape index (κ2) is 7.09. The van der Waals surface area contributed by atoms with Gasteiger partial charge in [-0.2, -0.15) is 0 Å². The molecular weight excluding hydrogens is 254 g/mol. The largest absolute Gasteiger partial charge is 0.481 e. The lowest BCUT2D eigenvalue weighted by molar-refractivity contribution is -0.147. The Labute approximate surface area is 121 Å². The van der Waals surface area contributed by atoms with Gasteiger partial charge in [0.15, 0.2) is 0 Å². The summed E-state index contributed by atoms with van der Waals surface area (Å²) in [6, 6.07) is 0.199. The number of amides is 1. The van der Waals surface area contributed by atoms with Gasteiger partial charge in [0.25, 0.3) is 0 Å². The zero-order valence-electron chi connectivity index (χ0n) is 12.5. The van der Waals surface area contributed by atoms with Gasteiger partial charge in [-0.25, -0.2) is 0 Å². The van der Waals surface area contributed by atoms with Crippen LogP contribution in [0.15, 0.2) is 0 Å². The zero-order chi connectivity index (χ0) is 14.5. The maximum atomic E-state index is 12.3. The van der Waals surface area contributed by atoms with Crippen LogP contribution in [0.25, 0.3) is 0 Å². The molecule has 1 saturated heterocycles. The summed E-state index contributed by atoms with van der Waals surface area (Å²) < 4.78 is 0. The Morgan fingerprint density at radius 2 is 1.85 bits per heavy atom. The van der Waals surface area contributed by atoms with E-state index in [1.54, 1.807) is 4.90 Å². The number of carbonyl (C=O) groups excluding carboxylic acids is 1. The third-order valence-electron chi connectivity index (χ3n) is 5.03. The number of likely N-dealkylation sites (tertiary alicyclic amines) is 1. The Kier molecular flexibility index (Phi) is 5.44. The van der Waals surface area contributed by atoms with E-state index >= 15 is 0 Å². The molecule has 1 saturated carbocycles. The molecule has 20 heavy (non-hydrogen) atoms. The predicted octanol–water partition coefficient (Wildman–Crippen LogP) is 3.06. The van der Waals surface area contributed by atoms with Gasteiger partial charge in [0.05, 0.1) is 5.92 Å². The number of piperidine rings is 1. The third kappa shape index (κ3) is 3.97. The molecule has 1 aliphatic carbocycles. The number of rotatable bonds is 5. The van der Waals surface area contributed by atoms with Crippen molar-refractivity contribution in [1.82, 2.24) is 4.90 Å². The first kappa shape index (κ1) is 15.3. The molecule has 0 spiro atoms. The summed E-state index contributed by atoms with van der Waals surface area (Å²) >= 11 is 0. The zero-order valence-corrected chi connectivity index (χ0v) is 12.5. The summed E-state index contributed by atoms with van der Waals surface area (Å²) in [6.07, 6.45) is 9.58. The smallest absolute Gasteiger partial charge is 0.308 e. The van der Waals surface area contributed by atoms with E-state index in [9.17, 15) is 9.59 Å². The topological polar surface area (TPSA) is 57.6 Å². The van der Waals surface area contributed by atoms with Crippen molar-refractivity contribution in [1.29, 1.82) is 0 Å². The van der Waals surface area contributed by atoms with E-state index in [0.29, 0.717) is 19.4 Å². The molecule has 0 radical (unpaired) electrons. The molecule has 2 atom stereocenters. The molecule has 1 amide bonds. The lowest BCUT2D eigenvalue weighted by atomic mass is 9.93. The van der Waals surface area contributed by atoms with Crippen molar-refractivity contribution in [2.75, 3.05) is 6.54 Å². The minimum Gasteiger partial charge on any atom is -0.481 e. The number of hydrogen-bond donors (Lipinski definition) is 1. The third-order valence-corrected chi connectivity index (χ3v) is 5.03. The summed E-state index contributed by atoms with van der Waals surface area (Å²) in [6.45, 7) is 2.44. The molecule has 1 heterocycles. The molecule has 2 fully saturated rings. The number of carbonyl (C=O) groups is 2. The molecule has 1 aliphatic heterocycles. The van der Waals surface area contributed by atoms with Gasteiger partial charge in [-0.15, -0.1) is 0 Å². The maximum absolute atomic E-state index is 12.3. The molecule has 0 aromatic heterocycles. The molecule has 0 bridgehead atoms. The molecule has 0 aromatic rings. The van der Waals surface area contributed by atoms with Crippen LogP contribution < -0.4 is 0 Å². The Balaban J connectivity index is 1.76. The van der Waals surface area contributed by atoms with Crippen LogP contribution in [0.4, 0.5) is 0 Å². The van der Waals surface area contributed by atoms with E-state index in [1.165, 1.54) is 25.7 Å². The second-order valence-corrected chi connectivity index (χ2v) is 6.55. The first-order valence-electron chi connectivity index (χ1n) is 8.10. The minimum absolute atomic E-state index is 0.154. The summed E-state index contributed by atoms with van der Waals surface area (Å²) in [5.74, 6) is -0.152. The van der Waals surface area contributed by atoms with E-state index in [-0.39, 0.29) is 17.9 Å². The predicted molar refractivity (Wildman–Crippen MR) is 77.3 cm³/mol. The number of carboxylic acid groups (broad SMARTS) is 1. The lowest BCUT2D eigenvalue weighted by Gasteiger charge is -2.36. The van der Waals surface area contributed by atoms with Crippen LogP contribution in [0, 0.1) is 11.8 Å². The van der Waals surface area contributed by atoms with Gasteiger partial charge < -0.3 is 10.0 Å². The van der Waals surface area contributed by atoms with Gasteiger partial charge in [-0.1, -0.05) is 25.7 Å². The van der Waals surface area contributed by atoms with Crippen LogP contribution in [-0.2, 0) is 9.59 Å². The average Bonchev–Trinajstić information content (AvgIpc) is 2.92. The van der Waals surface area contributed by atoms with Crippen molar-refractivity contribution in [3.05, 3.63) is 0 Å². The summed E-state index contributed by atoms with van der Waals surface area (Å²) in [4.78, 5) is 25.2. The van der Waals surface area contributed by atoms with Crippen molar-refractivity contribution in [2.24, 2.45) is 11.8 Å². The van der Waals surface area contributed by atoms with E-state index in [1.807, 2.05) is 6.92 Å². The fraction of sp³-hybridized carbons (Fsp3) is 0.875. The highest BCUT2D eigenvalue weighted by Crippen LogP contribution is 2.29. The van der Waals surface area contributed by atoms with Crippen molar-refractivity contribution < 1.29 is 14.7 Å². The van der Waals surface area contributed by atoms with E-state index in [4.69, 9.17) is 5.11 Å². The van der Waals surface area contributed by atoms with Gasteiger partial charge in [0.2, 0.25) is 5.91 Å². The molecule has 114 valence electrons. The number of nitrogens with zero attached hydrogens (tertiary/aromatic N) is 1. The van der Waals surface area contributed by atoms with Crippen molar-refractivity contribution in [3.8, 4) is 0 Å². The average molecular weight is 281 g/mol. The van der Waals surface area contributed by atoms with Gasteiger partial charge in [0, 0.05) is 19.0 Å². The Bertz CT molecular complexity index is 350. The Hall–Kier alpha value is -1.06. The number of aliphatic carboxylic acids is 1. The molecule has 4 heteroatoms. The summed E-state index contributed by atoms with van der Waals surface area (Å²) in [5, 5.41) is 9.11. The summed E-state index contributed by atoms with van der Waals surface area (Å²) in [5.41, 5.74) is 0. The lowest BCUT2D eigenvalue weighted by Crippen LogP contribution is -2.47. The summed E-state index contributed by atoms with van der Waals surface area (Å²) in [7, 11) is 0. The second-order valence-electron chi connectivity index (χ2n) is 6.55. The quantitative estimate of drug-likeness (QED) is 0.842. The van der Waals surface area contributed by atoms with Crippen LogP contribution in [0.1, 0.15) is 64.7 Å². The molecule has 2 rings (SSSR count). The van der Waals surface area contributed by atoms with Gasteiger partial charge in [-0.05, 0) is 38.5 Å². The Morgan fingerprint density at radius 1 is 1.15 bits per heavy atom. The number of carboxylic acids is 1. The van der Waals surface area contributed by atoms with Gasteiger partial charge in [-0.3, -0.25) is 9.59 Å². The van der Waals surface area contributed by atoms with Crippen LogP contribution >= 0.6 is 0 Å². The standard InChI is InChI=1S/C16H27NO3/c1-12-9-10-14(16(19)20)11-17(12)15(18)8-4-7-13-5-2-3-6-13/h12-14H,2-11H2,1H3,(H,19,20). The number of hydrogen-bond acceptors (Lipinski definition) is 2. The highest BCUT2D eigenvalue weighted by Gasteiger charge is 2.32. The highest BCUT2D eigenvalue weighted by molar-refractivity contribution is 5.78. The van der Waals surface area contributed by atoms with Gasteiger partial charge >= 0.3 is 5.97 Å². The van der Waals surface area contributed by atoms with Crippen molar-refractivity contribution in [3.63, 3.8) is 0 Å². The molecule has 1 N–H and O–H groups in total. The van der Waals surface area contributed by atoms with Crippen LogP contribution in [-0.4, -0.2) is 34.5 Å². The Morgan fingerprint density at radius 3 is 2.50 bits per heavy atom. The molecule has 2 aliphatic rings. The monoisotopic (exact) mass is 281 g/mol. The minimum atomic E-state index is -0.763. The van der Waals surface area contributed by atoms with Crippen LogP contribution in [0.5, 0.6) is 0 Å². The normalized spacial score (nSPS) is 27.8. The molecule has 2 unspecified atom stereocenters. The molecule has 0 aromatic carbocycles. The highest BCUT2D eigenvalue weighted by atomic mass is 16.4. The van der Waals surface area contributed by atoms with E-state index < -0.39 is 5.97 Å². The SMILES string of the molecule is CC1CCC(C(=O)O)CN1C(=O)CCCC1CCCC1.